The number of nitrogens with one attached hydrogen (secondary N) is 1. The van der Waals surface area contributed by atoms with E-state index in [4.69, 9.17) is 11.6 Å². The second-order valence-electron chi connectivity index (χ2n) is 5.20. The number of rotatable bonds is 3. The number of fused-ring (bicyclic) bond motifs is 1. The van der Waals surface area contributed by atoms with Gasteiger partial charge < -0.3 is 5.32 Å². The fourth-order valence-electron chi connectivity index (χ4n) is 2.36. The van der Waals surface area contributed by atoms with E-state index in [1.807, 2.05) is 24.3 Å². The molecule has 2 aromatic carbocycles. The van der Waals surface area contributed by atoms with E-state index < -0.39 is 0 Å². The molecule has 0 unspecified atom stereocenters. The molecule has 122 valence electrons. The Morgan fingerprint density at radius 1 is 1.00 bits per heavy atom. The molecular formula is C18H11ClN4OS. The average molecular weight is 367 g/mol. The monoisotopic (exact) mass is 366 g/mol. The van der Waals surface area contributed by atoms with Crippen molar-refractivity contribution in [3.05, 3.63) is 71.6 Å². The van der Waals surface area contributed by atoms with E-state index in [1.165, 1.54) is 17.5 Å². The molecule has 2 heterocycles. The van der Waals surface area contributed by atoms with E-state index >= 15 is 0 Å². The molecule has 7 heteroatoms. The van der Waals surface area contributed by atoms with Crippen LogP contribution in [0.1, 0.15) is 10.5 Å². The Morgan fingerprint density at radius 2 is 1.76 bits per heavy atom. The lowest BCUT2D eigenvalue weighted by molar-refractivity contribution is 0.102. The normalized spacial score (nSPS) is 10.8. The molecule has 0 aliphatic heterocycles. The van der Waals surface area contributed by atoms with Crippen molar-refractivity contribution in [1.29, 1.82) is 0 Å². The van der Waals surface area contributed by atoms with Crippen molar-refractivity contribution in [2.75, 3.05) is 5.32 Å². The minimum Gasteiger partial charge on any atom is -0.321 e. The van der Waals surface area contributed by atoms with Gasteiger partial charge in [-0.25, -0.2) is 15.0 Å². The van der Waals surface area contributed by atoms with Crippen LogP contribution < -0.4 is 5.32 Å². The highest BCUT2D eigenvalue weighted by atomic mass is 35.5. The highest BCUT2D eigenvalue weighted by Gasteiger charge is 2.18. The number of para-hydroxylation sites is 1. The summed E-state index contributed by atoms with van der Waals surface area (Å²) in [7, 11) is 0. The number of amides is 1. The molecule has 0 aliphatic rings. The van der Waals surface area contributed by atoms with E-state index in [9.17, 15) is 4.79 Å². The highest BCUT2D eigenvalue weighted by molar-refractivity contribution is 7.21. The third-order valence-electron chi connectivity index (χ3n) is 3.51. The first-order valence-corrected chi connectivity index (χ1v) is 8.64. The maximum Gasteiger partial charge on any atom is 0.276 e. The smallest absolute Gasteiger partial charge is 0.276 e. The fourth-order valence-corrected chi connectivity index (χ4v) is 3.45. The third-order valence-corrected chi connectivity index (χ3v) is 4.81. The lowest BCUT2D eigenvalue weighted by Crippen LogP contribution is -2.15. The second-order valence-corrected chi connectivity index (χ2v) is 6.67. The summed E-state index contributed by atoms with van der Waals surface area (Å²) >= 11 is 7.35. The second kappa shape index (κ2) is 6.58. The van der Waals surface area contributed by atoms with Crippen LogP contribution in [-0.2, 0) is 0 Å². The third kappa shape index (κ3) is 3.22. The Morgan fingerprint density at radius 3 is 2.56 bits per heavy atom. The van der Waals surface area contributed by atoms with E-state index in [-0.39, 0.29) is 11.6 Å². The van der Waals surface area contributed by atoms with Crippen molar-refractivity contribution in [1.82, 2.24) is 15.0 Å². The number of carbonyl (C=O) groups excluding carboxylic acids is 1. The van der Waals surface area contributed by atoms with Gasteiger partial charge in [0, 0.05) is 23.1 Å². The van der Waals surface area contributed by atoms with Crippen LogP contribution in [0.3, 0.4) is 0 Å². The molecule has 0 saturated heterocycles. The molecule has 0 radical (unpaired) electrons. The number of benzene rings is 2. The maximum absolute atomic E-state index is 12.6. The van der Waals surface area contributed by atoms with E-state index in [2.05, 4.69) is 20.3 Å². The molecule has 0 bridgehead atoms. The summed E-state index contributed by atoms with van der Waals surface area (Å²) in [5, 5.41) is 4.07. The SMILES string of the molecule is O=C(Nc1ccc(Cl)cc1)c1nccnc1-c1nc2ccccc2s1. The summed E-state index contributed by atoms with van der Waals surface area (Å²) < 4.78 is 1.03. The van der Waals surface area contributed by atoms with Crippen LogP contribution >= 0.6 is 22.9 Å². The van der Waals surface area contributed by atoms with Crippen molar-refractivity contribution >= 4 is 44.7 Å². The van der Waals surface area contributed by atoms with Crippen LogP contribution in [0.5, 0.6) is 0 Å². The Bertz CT molecular complexity index is 1030. The number of anilines is 1. The van der Waals surface area contributed by atoms with Gasteiger partial charge >= 0.3 is 0 Å². The minimum atomic E-state index is -0.343. The molecule has 4 aromatic rings. The molecule has 1 N–H and O–H groups in total. The Balaban J connectivity index is 1.70. The van der Waals surface area contributed by atoms with Gasteiger partial charge in [-0.2, -0.15) is 0 Å². The summed E-state index contributed by atoms with van der Waals surface area (Å²) in [4.78, 5) is 25.7. The standard InChI is InChI=1S/C18H11ClN4OS/c19-11-5-7-12(8-6-11)22-17(24)15-16(21-10-9-20-15)18-23-13-3-1-2-4-14(13)25-18/h1-10H,(H,22,24). The fraction of sp³-hybridized carbons (Fsp3) is 0. The van der Waals surface area contributed by atoms with Crippen molar-refractivity contribution < 1.29 is 4.79 Å². The summed E-state index contributed by atoms with van der Waals surface area (Å²) in [6.07, 6.45) is 3.05. The molecule has 0 spiro atoms. The molecule has 0 atom stereocenters. The molecule has 0 saturated carbocycles. The molecule has 5 nitrogen and oxygen atoms in total. The Kier molecular flexibility index (Phi) is 4.13. The Labute approximate surface area is 152 Å². The van der Waals surface area contributed by atoms with Crippen LogP contribution in [0.15, 0.2) is 60.9 Å². The van der Waals surface area contributed by atoms with Crippen LogP contribution in [0.4, 0.5) is 5.69 Å². The number of hydrogen-bond acceptors (Lipinski definition) is 5. The lowest BCUT2D eigenvalue weighted by atomic mass is 10.2. The van der Waals surface area contributed by atoms with Gasteiger partial charge in [0.25, 0.3) is 5.91 Å². The maximum atomic E-state index is 12.6. The number of halogens is 1. The number of thiazole rings is 1. The predicted octanol–water partition coefficient (Wildman–Crippen LogP) is 4.66. The van der Waals surface area contributed by atoms with E-state index in [0.29, 0.717) is 21.4 Å². The molecule has 1 amide bonds. The predicted molar refractivity (Wildman–Crippen MR) is 100 cm³/mol. The van der Waals surface area contributed by atoms with Gasteiger partial charge in [0.2, 0.25) is 0 Å². The van der Waals surface area contributed by atoms with E-state index in [0.717, 1.165) is 10.2 Å². The van der Waals surface area contributed by atoms with Gasteiger partial charge in [-0.1, -0.05) is 23.7 Å². The quantitative estimate of drug-likeness (QED) is 0.572. The first-order valence-electron chi connectivity index (χ1n) is 7.44. The number of hydrogen-bond donors (Lipinski definition) is 1. The lowest BCUT2D eigenvalue weighted by Gasteiger charge is -2.07. The summed E-state index contributed by atoms with van der Waals surface area (Å²) in [6.45, 7) is 0. The molecule has 4 rings (SSSR count). The number of nitrogens with zero attached hydrogens (tertiary/aromatic N) is 3. The molecule has 0 fully saturated rings. The zero-order valence-electron chi connectivity index (χ0n) is 12.8. The topological polar surface area (TPSA) is 67.8 Å². The van der Waals surface area contributed by atoms with Gasteiger partial charge in [0.1, 0.15) is 10.7 Å². The van der Waals surface area contributed by atoms with Crippen LogP contribution in [0, 0.1) is 0 Å². The zero-order chi connectivity index (χ0) is 17.2. The van der Waals surface area contributed by atoms with Gasteiger partial charge in [-0.15, -0.1) is 11.3 Å². The van der Waals surface area contributed by atoms with Gasteiger partial charge in [-0.3, -0.25) is 4.79 Å². The molecule has 25 heavy (non-hydrogen) atoms. The van der Waals surface area contributed by atoms with Crippen LogP contribution in [-0.4, -0.2) is 20.9 Å². The molecule has 2 aromatic heterocycles. The molecule has 0 aliphatic carbocycles. The van der Waals surface area contributed by atoms with Gasteiger partial charge in [-0.05, 0) is 36.4 Å². The Hall–Kier alpha value is -2.83. The summed E-state index contributed by atoms with van der Waals surface area (Å²) in [5.41, 5.74) is 2.21. The van der Waals surface area contributed by atoms with Crippen LogP contribution in [0.2, 0.25) is 5.02 Å². The van der Waals surface area contributed by atoms with Crippen molar-refractivity contribution in [3.8, 4) is 10.7 Å². The molecular weight excluding hydrogens is 356 g/mol. The van der Waals surface area contributed by atoms with Gasteiger partial charge in [0.05, 0.1) is 10.2 Å². The average Bonchev–Trinajstić information content (AvgIpc) is 3.07. The van der Waals surface area contributed by atoms with Crippen molar-refractivity contribution in [2.45, 2.75) is 0 Å². The first-order chi connectivity index (χ1) is 12.2. The van der Waals surface area contributed by atoms with Crippen molar-refractivity contribution in [2.24, 2.45) is 0 Å². The number of carbonyl (C=O) groups is 1. The summed E-state index contributed by atoms with van der Waals surface area (Å²) in [5.74, 6) is -0.343. The van der Waals surface area contributed by atoms with E-state index in [1.54, 1.807) is 30.5 Å². The van der Waals surface area contributed by atoms with Gasteiger partial charge in [0.15, 0.2) is 5.69 Å². The first kappa shape index (κ1) is 15.7. The van der Waals surface area contributed by atoms with Crippen molar-refractivity contribution in [3.63, 3.8) is 0 Å². The summed E-state index contributed by atoms with van der Waals surface area (Å²) in [6, 6.07) is 14.7. The number of aromatic nitrogens is 3. The zero-order valence-corrected chi connectivity index (χ0v) is 14.4. The van der Waals surface area contributed by atoms with Crippen LogP contribution in [0.25, 0.3) is 20.9 Å². The minimum absolute atomic E-state index is 0.233. The largest absolute Gasteiger partial charge is 0.321 e. The highest BCUT2D eigenvalue weighted by Crippen LogP contribution is 2.30.